The maximum atomic E-state index is 12.5. The van der Waals surface area contributed by atoms with Crippen molar-refractivity contribution in [1.29, 1.82) is 0 Å². The Morgan fingerprint density at radius 1 is 1.13 bits per heavy atom. The molecule has 1 heterocycles. The third-order valence-corrected chi connectivity index (χ3v) is 4.17. The molecule has 6 nitrogen and oxygen atoms in total. The van der Waals surface area contributed by atoms with Crippen LogP contribution in [0, 0.1) is 0 Å². The van der Waals surface area contributed by atoms with Gasteiger partial charge in [-0.25, -0.2) is 10.1 Å². The lowest BCUT2D eigenvalue weighted by Crippen LogP contribution is -2.27. The second kappa shape index (κ2) is 6.73. The fourth-order valence-electron chi connectivity index (χ4n) is 2.90. The standard InChI is InChI=1S/C17H20N4O2/c1-21-17(23)14-11-7-6-10-13(14)15(20-21)16(22)19-18-12-8-4-2-3-5-9-12/h6-7,10-11H,2-5,8-9H2,1H3,(H,19,22). The van der Waals surface area contributed by atoms with Crippen LogP contribution in [0.1, 0.15) is 49.0 Å². The van der Waals surface area contributed by atoms with Crippen molar-refractivity contribution in [3.05, 3.63) is 40.3 Å². The molecule has 1 aliphatic rings. The summed E-state index contributed by atoms with van der Waals surface area (Å²) in [6, 6.07) is 7.00. The SMILES string of the molecule is Cn1nc(C(=O)NN=C2CCCCCC2)c2ccccc2c1=O. The molecule has 0 aliphatic heterocycles. The van der Waals surface area contributed by atoms with E-state index in [9.17, 15) is 9.59 Å². The number of hydrogen-bond acceptors (Lipinski definition) is 4. The van der Waals surface area contributed by atoms with Crippen molar-refractivity contribution in [3.63, 3.8) is 0 Å². The molecule has 1 amide bonds. The van der Waals surface area contributed by atoms with Gasteiger partial charge in [-0.1, -0.05) is 31.0 Å². The molecular weight excluding hydrogens is 292 g/mol. The minimum Gasteiger partial charge on any atom is -0.267 e. The van der Waals surface area contributed by atoms with E-state index in [-0.39, 0.29) is 17.2 Å². The molecule has 1 aliphatic carbocycles. The van der Waals surface area contributed by atoms with Crippen LogP contribution in [0.15, 0.2) is 34.2 Å². The molecule has 23 heavy (non-hydrogen) atoms. The van der Waals surface area contributed by atoms with Gasteiger partial charge in [-0.3, -0.25) is 9.59 Å². The number of aromatic nitrogens is 2. The molecule has 0 saturated heterocycles. The Morgan fingerprint density at radius 2 is 1.78 bits per heavy atom. The molecule has 0 radical (unpaired) electrons. The van der Waals surface area contributed by atoms with Crippen molar-refractivity contribution in [2.24, 2.45) is 12.1 Å². The summed E-state index contributed by atoms with van der Waals surface area (Å²) in [5.74, 6) is -0.381. The summed E-state index contributed by atoms with van der Waals surface area (Å²) in [6.45, 7) is 0. The van der Waals surface area contributed by atoms with Crippen LogP contribution in [0.25, 0.3) is 10.8 Å². The number of amides is 1. The Morgan fingerprint density at radius 3 is 2.48 bits per heavy atom. The topological polar surface area (TPSA) is 76.3 Å². The summed E-state index contributed by atoms with van der Waals surface area (Å²) in [5.41, 5.74) is 3.65. The number of hydrazone groups is 1. The summed E-state index contributed by atoms with van der Waals surface area (Å²) in [6.07, 6.45) is 6.55. The normalized spacial score (nSPS) is 15.3. The Bertz CT molecular complexity index is 813. The molecule has 1 aromatic carbocycles. The maximum Gasteiger partial charge on any atom is 0.292 e. The summed E-state index contributed by atoms with van der Waals surface area (Å²) < 4.78 is 1.19. The lowest BCUT2D eigenvalue weighted by molar-refractivity contribution is 0.0949. The fraction of sp³-hybridized carbons (Fsp3) is 0.412. The van der Waals surface area contributed by atoms with Crippen LogP contribution in [0.2, 0.25) is 0 Å². The van der Waals surface area contributed by atoms with Crippen LogP contribution in [0.3, 0.4) is 0 Å². The Labute approximate surface area is 134 Å². The molecule has 2 aromatic rings. The number of benzene rings is 1. The van der Waals surface area contributed by atoms with Crippen molar-refractivity contribution in [1.82, 2.24) is 15.2 Å². The number of nitrogens with one attached hydrogen (secondary N) is 1. The first-order valence-electron chi connectivity index (χ1n) is 7.98. The molecule has 0 unspecified atom stereocenters. The van der Waals surface area contributed by atoms with E-state index in [4.69, 9.17) is 0 Å². The monoisotopic (exact) mass is 312 g/mol. The van der Waals surface area contributed by atoms with Gasteiger partial charge in [0.1, 0.15) is 0 Å². The second-order valence-corrected chi connectivity index (χ2v) is 5.86. The molecule has 1 fully saturated rings. The summed E-state index contributed by atoms with van der Waals surface area (Å²) in [7, 11) is 1.54. The number of carbonyl (C=O) groups is 1. The van der Waals surface area contributed by atoms with Crippen molar-refractivity contribution >= 4 is 22.4 Å². The third kappa shape index (κ3) is 3.31. The molecule has 0 bridgehead atoms. The zero-order valence-electron chi connectivity index (χ0n) is 13.2. The van der Waals surface area contributed by atoms with E-state index in [0.29, 0.717) is 10.8 Å². The fourth-order valence-corrected chi connectivity index (χ4v) is 2.90. The lowest BCUT2D eigenvalue weighted by Gasteiger charge is -2.07. The highest BCUT2D eigenvalue weighted by molar-refractivity contribution is 6.05. The molecule has 0 spiro atoms. The molecule has 0 atom stereocenters. The van der Waals surface area contributed by atoms with Gasteiger partial charge in [0.05, 0.1) is 5.39 Å². The van der Waals surface area contributed by atoms with Crippen LogP contribution in [0.4, 0.5) is 0 Å². The summed E-state index contributed by atoms with van der Waals surface area (Å²) >= 11 is 0. The molecule has 1 saturated carbocycles. The van der Waals surface area contributed by atoms with Gasteiger partial charge in [0.2, 0.25) is 0 Å². The molecule has 1 N–H and O–H groups in total. The Hall–Kier alpha value is -2.50. The number of aryl methyl sites for hydroxylation is 1. The van der Waals surface area contributed by atoms with Gasteiger partial charge in [0.25, 0.3) is 11.5 Å². The summed E-state index contributed by atoms with van der Waals surface area (Å²) in [5, 5.41) is 9.41. The van der Waals surface area contributed by atoms with Crippen LogP contribution >= 0.6 is 0 Å². The highest BCUT2D eigenvalue weighted by Gasteiger charge is 2.15. The van der Waals surface area contributed by atoms with E-state index in [1.165, 1.54) is 17.5 Å². The predicted octanol–water partition coefficient (Wildman–Crippen LogP) is 2.37. The first-order chi connectivity index (χ1) is 11.2. The van der Waals surface area contributed by atoms with E-state index in [1.54, 1.807) is 31.3 Å². The Kier molecular flexibility index (Phi) is 4.50. The molecule has 6 heteroatoms. The number of nitrogens with zero attached hydrogens (tertiary/aromatic N) is 3. The zero-order chi connectivity index (χ0) is 16.2. The zero-order valence-corrected chi connectivity index (χ0v) is 13.2. The van der Waals surface area contributed by atoms with Crippen molar-refractivity contribution < 1.29 is 4.79 Å². The van der Waals surface area contributed by atoms with E-state index < -0.39 is 0 Å². The quantitative estimate of drug-likeness (QED) is 0.683. The first-order valence-corrected chi connectivity index (χ1v) is 7.98. The lowest BCUT2D eigenvalue weighted by atomic mass is 10.1. The van der Waals surface area contributed by atoms with E-state index in [1.807, 2.05) is 0 Å². The van der Waals surface area contributed by atoms with Gasteiger partial charge in [-0.15, -0.1) is 0 Å². The molecule has 1 aromatic heterocycles. The largest absolute Gasteiger partial charge is 0.292 e. The van der Waals surface area contributed by atoms with Gasteiger partial charge < -0.3 is 0 Å². The maximum absolute atomic E-state index is 12.5. The van der Waals surface area contributed by atoms with E-state index in [0.717, 1.165) is 31.4 Å². The van der Waals surface area contributed by atoms with Crippen LogP contribution in [-0.2, 0) is 7.05 Å². The number of rotatable bonds is 2. The number of carbonyl (C=O) groups excluding carboxylic acids is 1. The minimum atomic E-state index is -0.381. The average Bonchev–Trinajstić information content (AvgIpc) is 2.85. The highest BCUT2D eigenvalue weighted by Crippen LogP contribution is 2.15. The summed E-state index contributed by atoms with van der Waals surface area (Å²) in [4.78, 5) is 24.5. The average molecular weight is 312 g/mol. The van der Waals surface area contributed by atoms with Gasteiger partial charge in [-0.2, -0.15) is 10.2 Å². The van der Waals surface area contributed by atoms with Gasteiger partial charge >= 0.3 is 0 Å². The number of hydrogen-bond donors (Lipinski definition) is 1. The van der Waals surface area contributed by atoms with Gasteiger partial charge in [-0.05, 0) is 31.7 Å². The molecule has 3 rings (SSSR count). The van der Waals surface area contributed by atoms with E-state index in [2.05, 4.69) is 15.6 Å². The number of fused-ring (bicyclic) bond motifs is 1. The molecule has 120 valence electrons. The van der Waals surface area contributed by atoms with E-state index >= 15 is 0 Å². The minimum absolute atomic E-state index is 0.216. The van der Waals surface area contributed by atoms with Crippen LogP contribution in [-0.4, -0.2) is 21.4 Å². The van der Waals surface area contributed by atoms with Crippen molar-refractivity contribution in [2.75, 3.05) is 0 Å². The van der Waals surface area contributed by atoms with Crippen LogP contribution < -0.4 is 11.0 Å². The Balaban J connectivity index is 1.90. The van der Waals surface area contributed by atoms with Crippen LogP contribution in [0.5, 0.6) is 0 Å². The van der Waals surface area contributed by atoms with Crippen molar-refractivity contribution in [2.45, 2.75) is 38.5 Å². The van der Waals surface area contributed by atoms with Gasteiger partial charge in [0.15, 0.2) is 5.69 Å². The smallest absolute Gasteiger partial charge is 0.267 e. The van der Waals surface area contributed by atoms with Crippen molar-refractivity contribution in [3.8, 4) is 0 Å². The first kappa shape index (κ1) is 15.4. The van der Waals surface area contributed by atoms with Gasteiger partial charge in [0, 0.05) is 18.1 Å². The predicted molar refractivity (Wildman–Crippen MR) is 89.6 cm³/mol. The highest BCUT2D eigenvalue weighted by atomic mass is 16.2. The third-order valence-electron chi connectivity index (χ3n) is 4.17. The second-order valence-electron chi connectivity index (χ2n) is 5.86. The molecular formula is C17H20N4O2.